The first kappa shape index (κ1) is 11.5. The lowest BCUT2D eigenvalue weighted by Crippen LogP contribution is -2.01. The van der Waals surface area contributed by atoms with Gasteiger partial charge in [-0.05, 0) is 23.8 Å². The first-order valence-electron chi connectivity index (χ1n) is 6.09. The van der Waals surface area contributed by atoms with Crippen molar-refractivity contribution >= 4 is 23.1 Å². The molecule has 0 bridgehead atoms. The van der Waals surface area contributed by atoms with Gasteiger partial charge in [-0.15, -0.1) is 0 Å². The van der Waals surface area contributed by atoms with Crippen LogP contribution in [0.5, 0.6) is 0 Å². The van der Waals surface area contributed by atoms with Gasteiger partial charge in [-0.3, -0.25) is 0 Å². The van der Waals surface area contributed by atoms with Crippen LogP contribution >= 0.6 is 0 Å². The average molecular weight is 248 g/mol. The van der Waals surface area contributed by atoms with Crippen molar-refractivity contribution in [1.29, 1.82) is 0 Å². The Labute approximate surface area is 110 Å². The zero-order chi connectivity index (χ0) is 13.1. The summed E-state index contributed by atoms with van der Waals surface area (Å²) in [4.78, 5) is 11.8. The van der Waals surface area contributed by atoms with Crippen molar-refractivity contribution in [2.24, 2.45) is 0 Å². The van der Waals surface area contributed by atoms with E-state index in [9.17, 15) is 4.79 Å². The highest BCUT2D eigenvalue weighted by Gasteiger charge is 2.01. The molecule has 1 heterocycles. The highest BCUT2D eigenvalue weighted by Crippen LogP contribution is 2.14. The summed E-state index contributed by atoms with van der Waals surface area (Å²) in [5, 5.41) is 0.926. The first-order chi connectivity index (χ1) is 9.33. The lowest BCUT2D eigenvalue weighted by atomic mass is 10.1. The van der Waals surface area contributed by atoms with Gasteiger partial charge in [-0.25, -0.2) is 4.79 Å². The Bertz CT molecular complexity index is 783. The van der Waals surface area contributed by atoms with E-state index >= 15 is 0 Å². The molecule has 0 radical (unpaired) electrons. The molecule has 0 aliphatic rings. The molecule has 0 fully saturated rings. The fraction of sp³-hybridized carbons (Fsp3) is 0. The smallest absolute Gasteiger partial charge is 0.343 e. The Morgan fingerprint density at radius 3 is 2.42 bits per heavy atom. The van der Waals surface area contributed by atoms with E-state index in [2.05, 4.69) is 0 Å². The van der Waals surface area contributed by atoms with E-state index in [0.29, 0.717) is 11.1 Å². The number of para-hydroxylation sites is 1. The third-order valence-corrected chi connectivity index (χ3v) is 2.92. The van der Waals surface area contributed by atoms with Crippen molar-refractivity contribution < 1.29 is 4.42 Å². The third kappa shape index (κ3) is 2.47. The molecular weight excluding hydrogens is 236 g/mol. The summed E-state index contributed by atoms with van der Waals surface area (Å²) in [5.41, 5.74) is 1.91. The minimum absolute atomic E-state index is 0.314. The van der Waals surface area contributed by atoms with Crippen LogP contribution in [0.2, 0.25) is 0 Å². The highest BCUT2D eigenvalue weighted by molar-refractivity contribution is 5.80. The fourth-order valence-corrected chi connectivity index (χ4v) is 1.94. The summed E-state index contributed by atoms with van der Waals surface area (Å²) in [6.45, 7) is 0. The Hall–Kier alpha value is -2.61. The van der Waals surface area contributed by atoms with Crippen LogP contribution in [0.15, 0.2) is 69.9 Å². The van der Waals surface area contributed by atoms with E-state index in [-0.39, 0.29) is 5.63 Å². The van der Waals surface area contributed by atoms with Gasteiger partial charge in [-0.2, -0.15) is 0 Å². The Kier molecular flexibility index (Phi) is 2.99. The average Bonchev–Trinajstić information content (AvgIpc) is 2.46. The molecule has 92 valence electrons. The Balaban J connectivity index is 2.04. The number of rotatable bonds is 2. The molecule has 2 nitrogen and oxygen atoms in total. The van der Waals surface area contributed by atoms with E-state index in [1.807, 2.05) is 60.7 Å². The SMILES string of the molecule is O=c1oc2ccccc2cc1/C=C/c1ccccc1. The molecule has 0 atom stereocenters. The molecule has 19 heavy (non-hydrogen) atoms. The molecular formula is C17H12O2. The minimum atomic E-state index is -0.314. The zero-order valence-corrected chi connectivity index (χ0v) is 10.2. The second-order valence-electron chi connectivity index (χ2n) is 4.27. The van der Waals surface area contributed by atoms with Gasteiger partial charge < -0.3 is 4.42 Å². The molecule has 0 amide bonds. The van der Waals surface area contributed by atoms with Gasteiger partial charge >= 0.3 is 5.63 Å². The van der Waals surface area contributed by atoms with Crippen LogP contribution in [0, 0.1) is 0 Å². The molecule has 2 heteroatoms. The Morgan fingerprint density at radius 2 is 1.58 bits per heavy atom. The summed E-state index contributed by atoms with van der Waals surface area (Å²) in [6, 6.07) is 19.2. The third-order valence-electron chi connectivity index (χ3n) is 2.92. The number of hydrogen-bond donors (Lipinski definition) is 0. The normalized spacial score (nSPS) is 11.2. The van der Waals surface area contributed by atoms with Crippen molar-refractivity contribution in [2.45, 2.75) is 0 Å². The molecule has 0 saturated carbocycles. The number of hydrogen-bond acceptors (Lipinski definition) is 2. The lowest BCUT2D eigenvalue weighted by molar-refractivity contribution is 0.559. The molecule has 0 aliphatic heterocycles. The van der Waals surface area contributed by atoms with E-state index in [0.717, 1.165) is 10.9 Å². The number of fused-ring (bicyclic) bond motifs is 1. The maximum Gasteiger partial charge on any atom is 0.343 e. The van der Waals surface area contributed by atoms with Crippen LogP contribution in [0.4, 0.5) is 0 Å². The summed E-state index contributed by atoms with van der Waals surface area (Å²) in [7, 11) is 0. The van der Waals surface area contributed by atoms with E-state index in [1.54, 1.807) is 12.1 Å². The highest BCUT2D eigenvalue weighted by atomic mass is 16.4. The standard InChI is InChI=1S/C17H12O2/c18-17-15(11-10-13-6-2-1-3-7-13)12-14-8-4-5-9-16(14)19-17/h1-12H/b11-10+. The molecule has 0 unspecified atom stereocenters. The molecule has 0 N–H and O–H groups in total. The van der Waals surface area contributed by atoms with Crippen LogP contribution < -0.4 is 5.63 Å². The quantitative estimate of drug-likeness (QED) is 0.642. The maximum absolute atomic E-state index is 11.8. The van der Waals surface area contributed by atoms with Crippen molar-refractivity contribution in [3.05, 3.63) is 82.2 Å². The van der Waals surface area contributed by atoms with Gasteiger partial charge in [0, 0.05) is 5.39 Å². The second-order valence-corrected chi connectivity index (χ2v) is 4.27. The van der Waals surface area contributed by atoms with Crippen LogP contribution in [-0.2, 0) is 0 Å². The van der Waals surface area contributed by atoms with Gasteiger partial charge in [-0.1, -0.05) is 54.6 Å². The monoisotopic (exact) mass is 248 g/mol. The van der Waals surface area contributed by atoms with Gasteiger partial charge in [0.1, 0.15) is 5.58 Å². The predicted octanol–water partition coefficient (Wildman–Crippen LogP) is 3.96. The Morgan fingerprint density at radius 1 is 0.842 bits per heavy atom. The predicted molar refractivity (Wildman–Crippen MR) is 77.9 cm³/mol. The summed E-state index contributed by atoms with van der Waals surface area (Å²) in [5.74, 6) is 0. The lowest BCUT2D eigenvalue weighted by Gasteiger charge is -1.97. The minimum Gasteiger partial charge on any atom is -0.422 e. The summed E-state index contributed by atoms with van der Waals surface area (Å²) >= 11 is 0. The van der Waals surface area contributed by atoms with Crippen LogP contribution in [0.1, 0.15) is 11.1 Å². The summed E-state index contributed by atoms with van der Waals surface area (Å²) in [6.07, 6.45) is 3.69. The molecule has 3 aromatic rings. The second kappa shape index (κ2) is 4.94. The summed E-state index contributed by atoms with van der Waals surface area (Å²) < 4.78 is 5.27. The molecule has 0 aliphatic carbocycles. The maximum atomic E-state index is 11.8. The van der Waals surface area contributed by atoms with Crippen molar-refractivity contribution in [1.82, 2.24) is 0 Å². The van der Waals surface area contributed by atoms with Crippen LogP contribution in [0.25, 0.3) is 23.1 Å². The molecule has 3 rings (SSSR count). The van der Waals surface area contributed by atoms with Gasteiger partial charge in [0.25, 0.3) is 0 Å². The number of benzene rings is 2. The van der Waals surface area contributed by atoms with Crippen molar-refractivity contribution in [3.63, 3.8) is 0 Å². The molecule has 2 aromatic carbocycles. The van der Waals surface area contributed by atoms with Crippen molar-refractivity contribution in [2.75, 3.05) is 0 Å². The van der Waals surface area contributed by atoms with Gasteiger partial charge in [0.15, 0.2) is 0 Å². The van der Waals surface area contributed by atoms with Gasteiger partial charge in [0.2, 0.25) is 0 Å². The van der Waals surface area contributed by atoms with E-state index in [4.69, 9.17) is 4.42 Å². The van der Waals surface area contributed by atoms with Gasteiger partial charge in [0.05, 0.1) is 5.56 Å². The van der Waals surface area contributed by atoms with E-state index < -0.39 is 0 Å². The van der Waals surface area contributed by atoms with Crippen LogP contribution in [0.3, 0.4) is 0 Å². The fourth-order valence-electron chi connectivity index (χ4n) is 1.94. The molecule has 0 spiro atoms. The van der Waals surface area contributed by atoms with Crippen molar-refractivity contribution in [3.8, 4) is 0 Å². The zero-order valence-electron chi connectivity index (χ0n) is 10.2. The topological polar surface area (TPSA) is 30.2 Å². The largest absolute Gasteiger partial charge is 0.422 e. The first-order valence-corrected chi connectivity index (χ1v) is 6.09. The molecule has 1 aromatic heterocycles. The van der Waals surface area contributed by atoms with E-state index in [1.165, 1.54) is 0 Å². The molecule has 0 saturated heterocycles. The van der Waals surface area contributed by atoms with Crippen LogP contribution in [-0.4, -0.2) is 0 Å².